The van der Waals surface area contributed by atoms with E-state index < -0.39 is 10.0 Å². The fourth-order valence-corrected chi connectivity index (χ4v) is 4.33. The van der Waals surface area contributed by atoms with E-state index in [2.05, 4.69) is 4.98 Å². The van der Waals surface area contributed by atoms with Crippen molar-refractivity contribution in [3.8, 4) is 0 Å². The number of anilines is 1. The Morgan fingerprint density at radius 1 is 1.41 bits per heavy atom. The summed E-state index contributed by atoms with van der Waals surface area (Å²) in [5.41, 5.74) is 1.52. The highest BCUT2D eigenvalue weighted by Gasteiger charge is 2.28. The maximum atomic E-state index is 12.6. The lowest BCUT2D eigenvalue weighted by molar-refractivity contribution is -0.117. The number of sulfonamides is 1. The van der Waals surface area contributed by atoms with Crippen LogP contribution in [0.1, 0.15) is 10.6 Å². The SMILES string of the molecule is CN1C(=O)Cc2cc(S(=O)(=O)N(C)Cc3nccs3)ccc21. The summed E-state index contributed by atoms with van der Waals surface area (Å²) in [5.74, 6) is -0.0271. The van der Waals surface area contributed by atoms with Crippen molar-refractivity contribution in [2.75, 3.05) is 19.0 Å². The van der Waals surface area contributed by atoms with E-state index >= 15 is 0 Å². The van der Waals surface area contributed by atoms with Gasteiger partial charge in [-0.1, -0.05) is 0 Å². The second kappa shape index (κ2) is 5.45. The zero-order chi connectivity index (χ0) is 15.9. The van der Waals surface area contributed by atoms with E-state index in [0.29, 0.717) is 0 Å². The highest BCUT2D eigenvalue weighted by molar-refractivity contribution is 7.89. The predicted molar refractivity (Wildman–Crippen MR) is 84.3 cm³/mol. The number of hydrogen-bond donors (Lipinski definition) is 0. The van der Waals surface area contributed by atoms with Crippen LogP contribution in [-0.4, -0.2) is 37.7 Å². The van der Waals surface area contributed by atoms with Crippen molar-refractivity contribution in [3.05, 3.63) is 40.3 Å². The highest BCUT2D eigenvalue weighted by Crippen LogP contribution is 2.30. The molecule has 0 bridgehead atoms. The van der Waals surface area contributed by atoms with E-state index in [0.717, 1.165) is 16.3 Å². The molecular weight excluding hydrogens is 322 g/mol. The molecule has 6 nitrogen and oxygen atoms in total. The van der Waals surface area contributed by atoms with Gasteiger partial charge in [0.05, 0.1) is 17.9 Å². The van der Waals surface area contributed by atoms with Crippen LogP contribution in [0.15, 0.2) is 34.7 Å². The Morgan fingerprint density at radius 3 is 2.86 bits per heavy atom. The van der Waals surface area contributed by atoms with Crippen LogP contribution in [0.3, 0.4) is 0 Å². The van der Waals surface area contributed by atoms with Gasteiger partial charge in [-0.15, -0.1) is 11.3 Å². The van der Waals surface area contributed by atoms with E-state index in [9.17, 15) is 13.2 Å². The zero-order valence-corrected chi connectivity index (χ0v) is 13.8. The van der Waals surface area contributed by atoms with Gasteiger partial charge in [0, 0.05) is 31.4 Å². The second-order valence-electron chi connectivity index (χ2n) is 5.11. The summed E-state index contributed by atoms with van der Waals surface area (Å²) in [6, 6.07) is 4.82. The van der Waals surface area contributed by atoms with Gasteiger partial charge < -0.3 is 4.90 Å². The molecule has 2 aromatic rings. The van der Waals surface area contributed by atoms with Crippen LogP contribution in [0.2, 0.25) is 0 Å². The smallest absolute Gasteiger partial charge is 0.243 e. The first-order valence-electron chi connectivity index (χ1n) is 6.64. The van der Waals surface area contributed by atoms with Crippen LogP contribution in [0.4, 0.5) is 5.69 Å². The molecule has 0 fully saturated rings. The number of carbonyl (C=O) groups excluding carboxylic acids is 1. The lowest BCUT2D eigenvalue weighted by Gasteiger charge is -2.17. The van der Waals surface area contributed by atoms with Crippen LogP contribution >= 0.6 is 11.3 Å². The number of amides is 1. The van der Waals surface area contributed by atoms with E-state index in [4.69, 9.17) is 0 Å². The normalized spacial score (nSPS) is 14.7. The summed E-state index contributed by atoms with van der Waals surface area (Å²) >= 11 is 1.41. The molecule has 3 rings (SSSR count). The molecule has 8 heteroatoms. The van der Waals surface area contributed by atoms with E-state index in [1.165, 1.54) is 22.7 Å². The Kier molecular flexibility index (Phi) is 3.75. The molecular formula is C14H15N3O3S2. The summed E-state index contributed by atoms with van der Waals surface area (Å²) in [4.78, 5) is 17.5. The maximum Gasteiger partial charge on any atom is 0.243 e. The van der Waals surface area contributed by atoms with Crippen LogP contribution in [0.5, 0.6) is 0 Å². The molecule has 0 saturated heterocycles. The Morgan fingerprint density at radius 2 is 2.18 bits per heavy atom. The average Bonchev–Trinajstić information content (AvgIpc) is 3.08. The molecule has 0 atom stereocenters. The van der Waals surface area contributed by atoms with Crippen molar-refractivity contribution < 1.29 is 13.2 Å². The molecule has 116 valence electrons. The van der Waals surface area contributed by atoms with Crippen LogP contribution in [0.25, 0.3) is 0 Å². The topological polar surface area (TPSA) is 70.6 Å². The standard InChI is InChI=1S/C14H15N3O3S2/c1-16(9-13-15-5-6-21-13)22(19,20)11-3-4-12-10(7-11)8-14(18)17(12)2/h3-7H,8-9H2,1-2H3. The largest absolute Gasteiger partial charge is 0.315 e. The van der Waals surface area contributed by atoms with Crippen molar-refractivity contribution >= 4 is 33.0 Å². The molecule has 1 aliphatic heterocycles. The fourth-order valence-electron chi connectivity index (χ4n) is 2.39. The van der Waals surface area contributed by atoms with Crippen molar-refractivity contribution in [3.63, 3.8) is 0 Å². The Bertz CT molecular complexity index is 816. The van der Waals surface area contributed by atoms with Crippen LogP contribution < -0.4 is 4.90 Å². The summed E-state index contributed by atoms with van der Waals surface area (Å²) in [6.07, 6.45) is 1.89. The number of nitrogens with zero attached hydrogens (tertiary/aromatic N) is 3. The third kappa shape index (κ3) is 2.53. The minimum Gasteiger partial charge on any atom is -0.315 e. The van der Waals surface area contributed by atoms with Gasteiger partial charge in [0.1, 0.15) is 5.01 Å². The molecule has 1 amide bonds. The summed E-state index contributed by atoms with van der Waals surface area (Å²) in [6.45, 7) is 0.232. The van der Waals surface area contributed by atoms with Crippen molar-refractivity contribution in [2.24, 2.45) is 0 Å². The average molecular weight is 337 g/mol. The molecule has 0 saturated carbocycles. The molecule has 0 spiro atoms. The first-order valence-corrected chi connectivity index (χ1v) is 8.96. The van der Waals surface area contributed by atoms with Gasteiger partial charge in [-0.05, 0) is 23.8 Å². The molecule has 0 unspecified atom stereocenters. The zero-order valence-electron chi connectivity index (χ0n) is 12.2. The van der Waals surface area contributed by atoms with Gasteiger partial charge >= 0.3 is 0 Å². The fraction of sp³-hybridized carbons (Fsp3) is 0.286. The Labute approximate surface area is 133 Å². The molecule has 2 heterocycles. The Balaban J connectivity index is 1.90. The second-order valence-corrected chi connectivity index (χ2v) is 8.13. The molecule has 22 heavy (non-hydrogen) atoms. The molecule has 0 radical (unpaired) electrons. The predicted octanol–water partition coefficient (Wildman–Crippen LogP) is 1.48. The summed E-state index contributed by atoms with van der Waals surface area (Å²) in [7, 11) is -0.381. The number of rotatable bonds is 4. The lowest BCUT2D eigenvalue weighted by atomic mass is 10.2. The number of hydrogen-bond acceptors (Lipinski definition) is 5. The lowest BCUT2D eigenvalue weighted by Crippen LogP contribution is -2.26. The number of benzene rings is 1. The quantitative estimate of drug-likeness (QED) is 0.847. The van der Waals surface area contributed by atoms with E-state index in [-0.39, 0.29) is 23.8 Å². The highest BCUT2D eigenvalue weighted by atomic mass is 32.2. The van der Waals surface area contributed by atoms with Gasteiger partial charge in [0.15, 0.2) is 0 Å². The Hall–Kier alpha value is -1.77. The number of fused-ring (bicyclic) bond motifs is 1. The van der Waals surface area contributed by atoms with Gasteiger partial charge in [-0.2, -0.15) is 4.31 Å². The number of likely N-dealkylation sites (N-methyl/N-ethyl adjacent to an activating group) is 1. The monoisotopic (exact) mass is 337 g/mol. The molecule has 1 aromatic heterocycles. The van der Waals surface area contributed by atoms with Crippen molar-refractivity contribution in [2.45, 2.75) is 17.9 Å². The summed E-state index contributed by atoms with van der Waals surface area (Å²) < 4.78 is 26.5. The van der Waals surface area contributed by atoms with Gasteiger partial charge in [0.25, 0.3) is 0 Å². The van der Waals surface area contributed by atoms with Crippen molar-refractivity contribution in [1.29, 1.82) is 0 Å². The number of thiazole rings is 1. The third-order valence-electron chi connectivity index (χ3n) is 3.68. The first-order chi connectivity index (χ1) is 10.4. The number of aromatic nitrogens is 1. The van der Waals surface area contributed by atoms with E-state index in [1.807, 2.05) is 5.38 Å². The van der Waals surface area contributed by atoms with Crippen LogP contribution in [0, 0.1) is 0 Å². The minimum absolute atomic E-state index is 0.0271. The first kappa shape index (κ1) is 15.1. The molecule has 1 aliphatic rings. The summed E-state index contributed by atoms with van der Waals surface area (Å²) in [5, 5.41) is 2.55. The van der Waals surface area contributed by atoms with Gasteiger partial charge in [-0.25, -0.2) is 13.4 Å². The molecule has 0 aliphatic carbocycles. The van der Waals surface area contributed by atoms with Gasteiger partial charge in [-0.3, -0.25) is 4.79 Å². The third-order valence-corrected chi connectivity index (χ3v) is 6.24. The number of carbonyl (C=O) groups is 1. The maximum absolute atomic E-state index is 12.6. The molecule has 0 N–H and O–H groups in total. The van der Waals surface area contributed by atoms with Gasteiger partial charge in [0.2, 0.25) is 15.9 Å². The van der Waals surface area contributed by atoms with E-state index in [1.54, 1.807) is 36.3 Å². The van der Waals surface area contributed by atoms with Crippen LogP contribution in [-0.2, 0) is 27.8 Å². The molecule has 1 aromatic carbocycles. The minimum atomic E-state index is -3.60. The van der Waals surface area contributed by atoms with Crippen molar-refractivity contribution in [1.82, 2.24) is 9.29 Å².